The molecule has 0 amide bonds. The molecule has 0 radical (unpaired) electrons. The number of hydrogen-bond donors (Lipinski definition) is 2. The molecule has 0 aromatic heterocycles. The van der Waals surface area contributed by atoms with Gasteiger partial charge >= 0.3 is 0 Å². The van der Waals surface area contributed by atoms with Crippen LogP contribution in [0.15, 0.2) is 0 Å². The van der Waals surface area contributed by atoms with Crippen LogP contribution >= 0.6 is 24.4 Å². The molecule has 9 heavy (non-hydrogen) atoms. The molecule has 54 valence electrons. The maximum atomic E-state index is 9.94. The molecule has 0 saturated carbocycles. The van der Waals surface area contributed by atoms with Gasteiger partial charge in [0.1, 0.15) is 6.29 Å². The minimum Gasteiger partial charge on any atom is -0.321 e. The topological polar surface area (TPSA) is 43.1 Å². The lowest BCUT2D eigenvalue weighted by Gasteiger charge is -2.00. The predicted molar refractivity (Wildman–Crippen MR) is 45.2 cm³/mol. The van der Waals surface area contributed by atoms with E-state index in [2.05, 4.69) is 12.6 Å². The standard InChI is InChI=1S/C5H11NOS2/c6-5(3-7)4-9-2-1-8/h3,5,8H,1-2,4,6H2. The van der Waals surface area contributed by atoms with Crippen LogP contribution in [0.3, 0.4) is 0 Å². The second-order valence-electron chi connectivity index (χ2n) is 1.60. The van der Waals surface area contributed by atoms with E-state index in [-0.39, 0.29) is 6.04 Å². The molecule has 2 N–H and O–H groups in total. The van der Waals surface area contributed by atoms with Crippen molar-refractivity contribution in [2.75, 3.05) is 17.3 Å². The van der Waals surface area contributed by atoms with Crippen molar-refractivity contribution in [2.24, 2.45) is 5.73 Å². The van der Waals surface area contributed by atoms with Gasteiger partial charge in [0, 0.05) is 11.5 Å². The molecule has 0 aliphatic heterocycles. The molecular weight excluding hydrogens is 154 g/mol. The fourth-order valence-electron chi connectivity index (χ4n) is 0.323. The Morgan fingerprint density at radius 3 is 2.89 bits per heavy atom. The average molecular weight is 165 g/mol. The zero-order valence-corrected chi connectivity index (χ0v) is 6.83. The molecule has 2 nitrogen and oxygen atoms in total. The van der Waals surface area contributed by atoms with Gasteiger partial charge in [-0.1, -0.05) is 0 Å². The minimum absolute atomic E-state index is 0.296. The maximum absolute atomic E-state index is 9.94. The van der Waals surface area contributed by atoms with Crippen molar-refractivity contribution in [3.63, 3.8) is 0 Å². The van der Waals surface area contributed by atoms with Gasteiger partial charge in [-0.3, -0.25) is 0 Å². The Balaban J connectivity index is 2.96. The molecule has 1 unspecified atom stereocenters. The average Bonchev–Trinajstić information content (AvgIpc) is 1.89. The smallest absolute Gasteiger partial charge is 0.137 e. The van der Waals surface area contributed by atoms with Crippen molar-refractivity contribution in [3.8, 4) is 0 Å². The summed E-state index contributed by atoms with van der Waals surface area (Å²) in [6.07, 6.45) is 0.769. The highest BCUT2D eigenvalue weighted by atomic mass is 32.2. The molecular formula is C5H11NOS2. The lowest BCUT2D eigenvalue weighted by Crippen LogP contribution is -2.24. The maximum Gasteiger partial charge on any atom is 0.137 e. The Hall–Kier alpha value is 0.330. The summed E-state index contributed by atoms with van der Waals surface area (Å²) in [4.78, 5) is 9.94. The fourth-order valence-corrected chi connectivity index (χ4v) is 1.36. The first kappa shape index (κ1) is 9.33. The molecule has 0 saturated heterocycles. The summed E-state index contributed by atoms with van der Waals surface area (Å²) < 4.78 is 0. The third-order valence-electron chi connectivity index (χ3n) is 0.721. The number of hydrogen-bond acceptors (Lipinski definition) is 4. The predicted octanol–water partition coefficient (Wildman–Crippen LogP) is 0.176. The van der Waals surface area contributed by atoms with E-state index in [1.165, 1.54) is 0 Å². The summed E-state index contributed by atoms with van der Waals surface area (Å²) in [5.41, 5.74) is 5.30. The number of aldehydes is 1. The summed E-state index contributed by atoms with van der Waals surface area (Å²) >= 11 is 5.66. The summed E-state index contributed by atoms with van der Waals surface area (Å²) in [5.74, 6) is 2.52. The number of carbonyl (C=O) groups is 1. The first-order chi connectivity index (χ1) is 4.31. The van der Waals surface area contributed by atoms with E-state index in [9.17, 15) is 4.79 Å². The molecule has 1 atom stereocenters. The summed E-state index contributed by atoms with van der Waals surface area (Å²) in [6, 6.07) is -0.296. The highest BCUT2D eigenvalue weighted by Crippen LogP contribution is 2.00. The highest BCUT2D eigenvalue weighted by Gasteiger charge is 1.97. The monoisotopic (exact) mass is 165 g/mol. The zero-order valence-electron chi connectivity index (χ0n) is 5.12. The number of rotatable bonds is 5. The lowest BCUT2D eigenvalue weighted by molar-refractivity contribution is -0.108. The van der Waals surface area contributed by atoms with Crippen LogP contribution in [0.4, 0.5) is 0 Å². The minimum atomic E-state index is -0.296. The van der Waals surface area contributed by atoms with Crippen LogP contribution in [0.5, 0.6) is 0 Å². The van der Waals surface area contributed by atoms with E-state index >= 15 is 0 Å². The third kappa shape index (κ3) is 6.21. The van der Waals surface area contributed by atoms with Gasteiger partial charge in [-0.15, -0.1) is 0 Å². The first-order valence-corrected chi connectivity index (χ1v) is 4.49. The molecule has 0 aliphatic carbocycles. The van der Waals surface area contributed by atoms with Crippen LogP contribution in [0, 0.1) is 0 Å². The summed E-state index contributed by atoms with van der Waals surface area (Å²) in [6.45, 7) is 0. The Morgan fingerprint density at radius 2 is 2.44 bits per heavy atom. The Kier molecular flexibility index (Phi) is 6.69. The van der Waals surface area contributed by atoms with Crippen LogP contribution in [0.1, 0.15) is 0 Å². The van der Waals surface area contributed by atoms with Crippen LogP contribution in [0.2, 0.25) is 0 Å². The van der Waals surface area contributed by atoms with Crippen molar-refractivity contribution in [1.29, 1.82) is 0 Å². The van der Waals surface area contributed by atoms with Gasteiger partial charge in [0.2, 0.25) is 0 Å². The van der Waals surface area contributed by atoms with E-state index in [0.29, 0.717) is 5.75 Å². The van der Waals surface area contributed by atoms with Gasteiger partial charge in [-0.2, -0.15) is 24.4 Å². The molecule has 0 bridgehead atoms. The Morgan fingerprint density at radius 1 is 1.78 bits per heavy atom. The van der Waals surface area contributed by atoms with Gasteiger partial charge in [0.05, 0.1) is 6.04 Å². The molecule has 0 heterocycles. The van der Waals surface area contributed by atoms with Crippen molar-refractivity contribution in [2.45, 2.75) is 6.04 Å². The lowest BCUT2D eigenvalue weighted by atomic mass is 10.4. The van der Waals surface area contributed by atoms with E-state index < -0.39 is 0 Å². The zero-order chi connectivity index (χ0) is 7.11. The molecule has 0 rings (SSSR count). The van der Waals surface area contributed by atoms with Crippen molar-refractivity contribution < 1.29 is 4.79 Å². The van der Waals surface area contributed by atoms with Crippen LogP contribution in [-0.2, 0) is 4.79 Å². The molecule has 0 fully saturated rings. The number of carbonyl (C=O) groups excluding carboxylic acids is 1. The van der Waals surface area contributed by atoms with Crippen molar-refractivity contribution in [3.05, 3.63) is 0 Å². The number of nitrogens with two attached hydrogens (primary N) is 1. The highest BCUT2D eigenvalue weighted by molar-refractivity contribution is 8.00. The van der Waals surface area contributed by atoms with Crippen LogP contribution in [0.25, 0.3) is 0 Å². The molecule has 4 heteroatoms. The molecule has 0 aromatic carbocycles. The molecule has 0 aliphatic rings. The summed E-state index contributed by atoms with van der Waals surface area (Å²) in [5, 5.41) is 0. The van der Waals surface area contributed by atoms with Crippen LogP contribution < -0.4 is 5.73 Å². The number of thiol groups is 1. The molecule has 0 aromatic rings. The van der Waals surface area contributed by atoms with E-state index in [0.717, 1.165) is 17.8 Å². The second kappa shape index (κ2) is 6.45. The third-order valence-corrected chi connectivity index (χ3v) is 2.36. The number of thioether (sulfide) groups is 1. The van der Waals surface area contributed by atoms with E-state index in [1.54, 1.807) is 11.8 Å². The largest absolute Gasteiger partial charge is 0.321 e. The summed E-state index contributed by atoms with van der Waals surface area (Å²) in [7, 11) is 0. The van der Waals surface area contributed by atoms with Crippen molar-refractivity contribution in [1.82, 2.24) is 0 Å². The van der Waals surface area contributed by atoms with Gasteiger partial charge in [0.25, 0.3) is 0 Å². The Bertz CT molecular complexity index is 79.4. The van der Waals surface area contributed by atoms with Gasteiger partial charge in [0.15, 0.2) is 0 Å². The van der Waals surface area contributed by atoms with Gasteiger partial charge < -0.3 is 10.5 Å². The van der Waals surface area contributed by atoms with Crippen molar-refractivity contribution >= 4 is 30.7 Å². The van der Waals surface area contributed by atoms with Gasteiger partial charge in [-0.25, -0.2) is 0 Å². The van der Waals surface area contributed by atoms with Gasteiger partial charge in [-0.05, 0) is 5.75 Å². The quantitative estimate of drug-likeness (QED) is 0.347. The normalized spacial score (nSPS) is 13.1. The fraction of sp³-hybridized carbons (Fsp3) is 0.800. The van der Waals surface area contributed by atoms with E-state index in [1.807, 2.05) is 0 Å². The van der Waals surface area contributed by atoms with E-state index in [4.69, 9.17) is 5.73 Å². The second-order valence-corrected chi connectivity index (χ2v) is 3.20. The molecule has 0 spiro atoms. The Labute approximate surface area is 65.0 Å². The first-order valence-electron chi connectivity index (χ1n) is 2.70. The van der Waals surface area contributed by atoms with Crippen LogP contribution in [-0.4, -0.2) is 29.6 Å². The SMILES string of the molecule is NC(C=O)CSCCS.